The Bertz CT molecular complexity index is 1130. The molecule has 1 spiro atoms. The van der Waals surface area contributed by atoms with Crippen LogP contribution in [-0.2, 0) is 9.59 Å². The first-order chi connectivity index (χ1) is 16.3. The largest absolute Gasteiger partial charge is 0.497 e. The number of nitrogens with one attached hydrogen (secondary N) is 2. The molecule has 0 radical (unpaired) electrons. The molecular weight excluding hydrogens is 444 g/mol. The predicted octanol–water partition coefficient (Wildman–Crippen LogP) is 2.94. The van der Waals surface area contributed by atoms with E-state index >= 15 is 0 Å². The maximum absolute atomic E-state index is 12.8. The second-order valence-electron chi connectivity index (χ2n) is 8.20. The number of nitro groups is 1. The number of carbonyl (C=O) groups is 3. The number of nitro benzene ring substituents is 1. The van der Waals surface area contributed by atoms with Crippen LogP contribution in [0.3, 0.4) is 0 Å². The fourth-order valence-electron chi connectivity index (χ4n) is 4.27. The highest BCUT2D eigenvalue weighted by molar-refractivity contribution is 6.08. The van der Waals surface area contributed by atoms with Gasteiger partial charge in [-0.3, -0.25) is 25.1 Å². The van der Waals surface area contributed by atoms with Crippen molar-refractivity contribution in [2.75, 3.05) is 13.7 Å². The Balaban J connectivity index is 1.47. The van der Waals surface area contributed by atoms with Gasteiger partial charge in [0.05, 0.1) is 12.0 Å². The summed E-state index contributed by atoms with van der Waals surface area (Å²) in [5, 5.41) is 14.7. The Morgan fingerprint density at radius 2 is 1.85 bits per heavy atom. The maximum atomic E-state index is 12.8. The number of ether oxygens (including phenoxy) is 2. The molecule has 2 N–H and O–H groups in total. The molecule has 2 fully saturated rings. The van der Waals surface area contributed by atoms with Gasteiger partial charge in [-0.05, 0) is 36.6 Å². The van der Waals surface area contributed by atoms with E-state index in [0.29, 0.717) is 34.7 Å². The van der Waals surface area contributed by atoms with Gasteiger partial charge in [0.15, 0.2) is 6.61 Å². The Kier molecular flexibility index (Phi) is 6.35. The number of non-ortho nitro benzene ring substituents is 1. The van der Waals surface area contributed by atoms with Crippen molar-refractivity contribution in [1.82, 2.24) is 15.8 Å². The molecule has 0 unspecified atom stereocenters. The molecule has 2 aromatic rings. The average Bonchev–Trinajstić information content (AvgIpc) is 3.06. The van der Waals surface area contributed by atoms with Crippen LogP contribution >= 0.6 is 0 Å². The summed E-state index contributed by atoms with van der Waals surface area (Å²) in [6, 6.07) is 10.2. The van der Waals surface area contributed by atoms with Crippen molar-refractivity contribution in [3.05, 3.63) is 52.6 Å². The van der Waals surface area contributed by atoms with Gasteiger partial charge in [-0.2, -0.15) is 5.01 Å². The molecule has 1 saturated carbocycles. The number of nitrogens with zero attached hydrogens (tertiary/aromatic N) is 2. The van der Waals surface area contributed by atoms with Crippen LogP contribution in [0.25, 0.3) is 11.1 Å². The lowest BCUT2D eigenvalue weighted by molar-refractivity contribution is -0.384. The Hall–Kier alpha value is -4.15. The van der Waals surface area contributed by atoms with E-state index in [1.165, 1.54) is 25.3 Å². The monoisotopic (exact) mass is 468 g/mol. The van der Waals surface area contributed by atoms with E-state index < -0.39 is 34.9 Å². The number of amides is 4. The van der Waals surface area contributed by atoms with Crippen LogP contribution in [0.15, 0.2) is 42.5 Å². The van der Waals surface area contributed by atoms with E-state index in [-0.39, 0.29) is 11.4 Å². The van der Waals surface area contributed by atoms with E-state index in [2.05, 4.69) is 10.7 Å². The minimum atomic E-state index is -0.955. The topological polar surface area (TPSA) is 140 Å². The van der Waals surface area contributed by atoms with Gasteiger partial charge in [0, 0.05) is 17.7 Å². The number of hydrogen-bond acceptors (Lipinski definition) is 7. The standard InChI is InChI=1S/C23H24N4O7/c1-33-17-8-5-15(6-9-17)18-13-16(27(31)32)7-10-19(18)34-14-20(28)25-26-21(29)23(24-22(26)30)11-3-2-4-12-23/h5-10,13H,2-4,11-12,14H2,1H3,(H,24,30)(H,25,28). The molecule has 4 rings (SSSR count). The molecular formula is C23H24N4O7. The van der Waals surface area contributed by atoms with E-state index in [4.69, 9.17) is 9.47 Å². The van der Waals surface area contributed by atoms with Gasteiger partial charge in [0.1, 0.15) is 17.0 Å². The number of hydrogen-bond donors (Lipinski definition) is 2. The normalized spacial score (nSPS) is 16.8. The lowest BCUT2D eigenvalue weighted by Crippen LogP contribution is -2.51. The highest BCUT2D eigenvalue weighted by atomic mass is 16.6. The first kappa shape index (κ1) is 23.0. The Labute approximate surface area is 195 Å². The second kappa shape index (κ2) is 9.38. The van der Waals surface area contributed by atoms with Crippen molar-refractivity contribution in [3.63, 3.8) is 0 Å². The average molecular weight is 468 g/mol. The van der Waals surface area contributed by atoms with Crippen LogP contribution in [-0.4, -0.2) is 47.0 Å². The molecule has 11 heteroatoms. The molecule has 4 amide bonds. The molecule has 2 aromatic carbocycles. The van der Waals surface area contributed by atoms with E-state index in [9.17, 15) is 24.5 Å². The summed E-state index contributed by atoms with van der Waals surface area (Å²) >= 11 is 0. The molecule has 0 atom stereocenters. The Morgan fingerprint density at radius 1 is 1.15 bits per heavy atom. The number of urea groups is 1. The van der Waals surface area contributed by atoms with E-state index in [1.807, 2.05) is 0 Å². The van der Waals surface area contributed by atoms with Crippen LogP contribution < -0.4 is 20.2 Å². The molecule has 2 aliphatic rings. The molecule has 0 aromatic heterocycles. The number of methoxy groups -OCH3 is 1. The van der Waals surface area contributed by atoms with Crippen molar-refractivity contribution in [3.8, 4) is 22.6 Å². The van der Waals surface area contributed by atoms with Gasteiger partial charge in [-0.1, -0.05) is 31.4 Å². The minimum Gasteiger partial charge on any atom is -0.497 e. The van der Waals surface area contributed by atoms with Crippen LogP contribution in [0.4, 0.5) is 10.5 Å². The van der Waals surface area contributed by atoms with Gasteiger partial charge in [-0.25, -0.2) is 4.79 Å². The molecule has 1 heterocycles. The van der Waals surface area contributed by atoms with Crippen molar-refractivity contribution >= 4 is 23.5 Å². The van der Waals surface area contributed by atoms with Crippen molar-refractivity contribution in [1.29, 1.82) is 0 Å². The number of rotatable bonds is 7. The third-order valence-electron chi connectivity index (χ3n) is 6.04. The molecule has 178 valence electrons. The molecule has 1 saturated heterocycles. The van der Waals surface area contributed by atoms with Crippen molar-refractivity contribution in [2.24, 2.45) is 0 Å². The van der Waals surface area contributed by atoms with Crippen LogP contribution in [0.1, 0.15) is 32.1 Å². The van der Waals surface area contributed by atoms with Crippen LogP contribution in [0, 0.1) is 10.1 Å². The lowest BCUT2D eigenvalue weighted by Gasteiger charge is -2.30. The summed E-state index contributed by atoms with van der Waals surface area (Å²) in [4.78, 5) is 48.4. The summed E-state index contributed by atoms with van der Waals surface area (Å²) in [7, 11) is 1.52. The van der Waals surface area contributed by atoms with Gasteiger partial charge in [0.25, 0.3) is 17.5 Å². The summed E-state index contributed by atoms with van der Waals surface area (Å²) in [6.45, 7) is -0.509. The van der Waals surface area contributed by atoms with Gasteiger partial charge < -0.3 is 14.8 Å². The molecule has 1 aliphatic heterocycles. The quantitative estimate of drug-likeness (QED) is 0.362. The molecule has 34 heavy (non-hydrogen) atoms. The van der Waals surface area contributed by atoms with Gasteiger partial charge >= 0.3 is 6.03 Å². The smallest absolute Gasteiger partial charge is 0.344 e. The Morgan fingerprint density at radius 3 is 2.50 bits per heavy atom. The zero-order valence-corrected chi connectivity index (χ0v) is 18.5. The minimum absolute atomic E-state index is 0.139. The number of imide groups is 1. The highest BCUT2D eigenvalue weighted by Gasteiger charge is 2.52. The third kappa shape index (κ3) is 4.49. The fourth-order valence-corrected chi connectivity index (χ4v) is 4.27. The summed E-state index contributed by atoms with van der Waals surface area (Å²) in [5.41, 5.74) is 2.24. The maximum Gasteiger partial charge on any atom is 0.344 e. The molecule has 1 aliphatic carbocycles. The zero-order chi connectivity index (χ0) is 24.3. The van der Waals surface area contributed by atoms with Gasteiger partial charge in [0.2, 0.25) is 0 Å². The molecule has 0 bridgehead atoms. The zero-order valence-electron chi connectivity index (χ0n) is 18.5. The first-order valence-corrected chi connectivity index (χ1v) is 10.8. The summed E-state index contributed by atoms with van der Waals surface area (Å²) in [6.07, 6.45) is 3.72. The SMILES string of the molecule is COc1ccc(-c2cc([N+](=O)[O-])ccc2OCC(=O)NN2C(=O)NC3(CCCCC3)C2=O)cc1. The number of carbonyl (C=O) groups excluding carboxylic acids is 3. The highest BCUT2D eigenvalue weighted by Crippen LogP contribution is 2.35. The van der Waals surface area contributed by atoms with E-state index in [1.54, 1.807) is 24.3 Å². The second-order valence-corrected chi connectivity index (χ2v) is 8.20. The van der Waals surface area contributed by atoms with E-state index in [0.717, 1.165) is 19.3 Å². The summed E-state index contributed by atoms with van der Waals surface area (Å²) in [5.74, 6) is -0.345. The van der Waals surface area contributed by atoms with Crippen LogP contribution in [0.2, 0.25) is 0 Å². The van der Waals surface area contributed by atoms with Crippen molar-refractivity contribution < 1.29 is 28.8 Å². The summed E-state index contributed by atoms with van der Waals surface area (Å²) < 4.78 is 10.8. The van der Waals surface area contributed by atoms with Crippen LogP contribution in [0.5, 0.6) is 11.5 Å². The third-order valence-corrected chi connectivity index (χ3v) is 6.04. The molecule has 11 nitrogen and oxygen atoms in total. The van der Waals surface area contributed by atoms with Crippen molar-refractivity contribution in [2.45, 2.75) is 37.6 Å². The first-order valence-electron chi connectivity index (χ1n) is 10.8. The fraction of sp³-hybridized carbons (Fsp3) is 0.348. The van der Waals surface area contributed by atoms with Gasteiger partial charge in [-0.15, -0.1) is 0 Å². The predicted molar refractivity (Wildman–Crippen MR) is 120 cm³/mol. The number of benzene rings is 2. The number of hydrazine groups is 1. The lowest BCUT2D eigenvalue weighted by atomic mass is 9.82.